The van der Waals surface area contributed by atoms with E-state index in [1.165, 1.54) is 0 Å². The fourth-order valence-corrected chi connectivity index (χ4v) is 3.27. The van der Waals surface area contributed by atoms with E-state index in [4.69, 9.17) is 16.3 Å². The van der Waals surface area contributed by atoms with E-state index in [0.29, 0.717) is 24.0 Å². The largest absolute Gasteiger partial charge is 0.471 e. The highest BCUT2D eigenvalue weighted by molar-refractivity contribution is 6.32. The Labute approximate surface area is 162 Å². The van der Waals surface area contributed by atoms with Crippen molar-refractivity contribution in [2.24, 2.45) is 0 Å². The van der Waals surface area contributed by atoms with Crippen LogP contribution >= 0.6 is 11.6 Å². The molecule has 0 spiro atoms. The van der Waals surface area contributed by atoms with Gasteiger partial charge in [-0.1, -0.05) is 41.9 Å². The fraction of sp³-hybridized carbons (Fsp3) is 0.190. The molecule has 1 saturated heterocycles. The first kappa shape index (κ1) is 17.5. The Balaban J connectivity index is 1.37. The monoisotopic (exact) mass is 379 g/mol. The van der Waals surface area contributed by atoms with Gasteiger partial charge in [-0.05, 0) is 29.8 Å². The number of fused-ring (bicyclic) bond motifs is 1. The molecule has 1 unspecified atom stereocenters. The molecule has 136 valence electrons. The van der Waals surface area contributed by atoms with Crippen molar-refractivity contribution in [3.63, 3.8) is 0 Å². The van der Waals surface area contributed by atoms with Crippen LogP contribution in [0.4, 0.5) is 0 Å². The maximum atomic E-state index is 12.4. The first-order valence-electron chi connectivity index (χ1n) is 8.79. The van der Waals surface area contributed by atoms with Crippen molar-refractivity contribution in [2.45, 2.75) is 12.5 Å². The minimum atomic E-state index is -0.0851. The number of carbonyl (C=O) groups excluding carboxylic acids is 1. The van der Waals surface area contributed by atoms with Crippen LogP contribution in [0.5, 0.6) is 5.88 Å². The second kappa shape index (κ2) is 7.76. The van der Waals surface area contributed by atoms with Crippen LogP contribution in [-0.2, 0) is 4.79 Å². The predicted molar refractivity (Wildman–Crippen MR) is 106 cm³/mol. The van der Waals surface area contributed by atoms with Crippen LogP contribution in [-0.4, -0.2) is 40.0 Å². The molecular weight excluding hydrogens is 362 g/mol. The first-order chi connectivity index (χ1) is 13.2. The normalized spacial score (nSPS) is 16.9. The van der Waals surface area contributed by atoms with E-state index in [2.05, 4.69) is 9.97 Å². The lowest BCUT2D eigenvalue weighted by Crippen LogP contribution is -2.29. The molecule has 0 saturated carbocycles. The molecule has 5 nitrogen and oxygen atoms in total. The molecule has 0 N–H and O–H groups in total. The molecule has 0 radical (unpaired) electrons. The number of ether oxygens (including phenoxy) is 1. The zero-order valence-corrected chi connectivity index (χ0v) is 15.3. The Morgan fingerprint density at radius 3 is 2.78 bits per heavy atom. The minimum absolute atomic E-state index is 0.0504. The lowest BCUT2D eigenvalue weighted by Gasteiger charge is -2.15. The fourth-order valence-electron chi connectivity index (χ4n) is 3.07. The van der Waals surface area contributed by atoms with Crippen LogP contribution in [0.3, 0.4) is 0 Å². The van der Waals surface area contributed by atoms with Gasteiger partial charge >= 0.3 is 0 Å². The van der Waals surface area contributed by atoms with Crippen LogP contribution in [0.25, 0.3) is 17.1 Å². The molecule has 6 heteroatoms. The molecule has 0 aliphatic carbocycles. The highest BCUT2D eigenvalue weighted by atomic mass is 35.5. The first-order valence-corrected chi connectivity index (χ1v) is 9.17. The highest BCUT2D eigenvalue weighted by Gasteiger charge is 2.27. The number of hydrogen-bond acceptors (Lipinski definition) is 4. The summed E-state index contributed by atoms with van der Waals surface area (Å²) in [7, 11) is 0. The smallest absolute Gasteiger partial charge is 0.246 e. The van der Waals surface area contributed by atoms with Gasteiger partial charge in [0.2, 0.25) is 11.8 Å². The SMILES string of the molecule is O=C(C=Cc1ccccc1Cl)N1CCC(Oc2cnc3ccccc3n2)C1. The molecule has 1 aliphatic heterocycles. The molecule has 1 amide bonds. The summed E-state index contributed by atoms with van der Waals surface area (Å²) in [4.78, 5) is 23.0. The number of para-hydroxylation sites is 2. The van der Waals surface area contributed by atoms with E-state index in [1.807, 2.05) is 42.5 Å². The number of likely N-dealkylation sites (tertiary alicyclic amines) is 1. The summed E-state index contributed by atoms with van der Waals surface area (Å²) in [6, 6.07) is 15.1. The molecule has 1 atom stereocenters. The quantitative estimate of drug-likeness (QED) is 0.643. The number of nitrogens with zero attached hydrogens (tertiary/aromatic N) is 3. The van der Waals surface area contributed by atoms with Gasteiger partial charge in [0.25, 0.3) is 0 Å². The van der Waals surface area contributed by atoms with E-state index in [9.17, 15) is 4.79 Å². The Hall–Kier alpha value is -2.92. The van der Waals surface area contributed by atoms with E-state index >= 15 is 0 Å². The summed E-state index contributed by atoms with van der Waals surface area (Å²) in [5, 5.41) is 0.624. The van der Waals surface area contributed by atoms with E-state index in [1.54, 1.807) is 29.3 Å². The lowest BCUT2D eigenvalue weighted by molar-refractivity contribution is -0.125. The summed E-state index contributed by atoms with van der Waals surface area (Å²) in [6.45, 7) is 1.18. The molecule has 27 heavy (non-hydrogen) atoms. The lowest BCUT2D eigenvalue weighted by atomic mass is 10.2. The van der Waals surface area contributed by atoms with Gasteiger partial charge in [-0.3, -0.25) is 4.79 Å². The molecule has 0 bridgehead atoms. The van der Waals surface area contributed by atoms with Crippen LogP contribution < -0.4 is 4.74 Å². The maximum Gasteiger partial charge on any atom is 0.246 e. The third-order valence-electron chi connectivity index (χ3n) is 4.48. The average Bonchev–Trinajstić information content (AvgIpc) is 3.15. The third kappa shape index (κ3) is 4.09. The number of aromatic nitrogens is 2. The summed E-state index contributed by atoms with van der Waals surface area (Å²) in [5.74, 6) is 0.435. The van der Waals surface area contributed by atoms with Gasteiger partial charge in [0.15, 0.2) is 0 Å². The molecule has 2 aromatic carbocycles. The van der Waals surface area contributed by atoms with Gasteiger partial charge in [-0.2, -0.15) is 0 Å². The highest BCUT2D eigenvalue weighted by Crippen LogP contribution is 2.20. The van der Waals surface area contributed by atoms with Crippen molar-refractivity contribution < 1.29 is 9.53 Å². The summed E-state index contributed by atoms with van der Waals surface area (Å²) in [5.41, 5.74) is 2.45. The Morgan fingerprint density at radius 1 is 1.15 bits per heavy atom. The summed E-state index contributed by atoms with van der Waals surface area (Å²) in [6.07, 6.45) is 5.61. The van der Waals surface area contributed by atoms with Crippen molar-refractivity contribution in [1.29, 1.82) is 0 Å². The van der Waals surface area contributed by atoms with E-state index < -0.39 is 0 Å². The molecule has 1 fully saturated rings. The maximum absolute atomic E-state index is 12.4. The second-order valence-electron chi connectivity index (χ2n) is 6.36. The Morgan fingerprint density at radius 2 is 1.93 bits per heavy atom. The Kier molecular flexibility index (Phi) is 5.03. The molecule has 2 heterocycles. The molecular formula is C21H18ClN3O2. The van der Waals surface area contributed by atoms with Crippen molar-refractivity contribution in [2.75, 3.05) is 13.1 Å². The molecule has 4 rings (SSSR count). The minimum Gasteiger partial charge on any atom is -0.471 e. The van der Waals surface area contributed by atoms with Crippen molar-refractivity contribution in [3.8, 4) is 5.88 Å². The van der Waals surface area contributed by atoms with Gasteiger partial charge in [-0.15, -0.1) is 0 Å². The number of halogens is 1. The number of rotatable bonds is 4. The number of hydrogen-bond donors (Lipinski definition) is 0. The number of benzene rings is 2. The zero-order chi connectivity index (χ0) is 18.6. The molecule has 1 aromatic heterocycles. The topological polar surface area (TPSA) is 55.3 Å². The van der Waals surface area contributed by atoms with Gasteiger partial charge in [0.1, 0.15) is 6.10 Å². The second-order valence-corrected chi connectivity index (χ2v) is 6.77. The number of carbonyl (C=O) groups is 1. The van der Waals surface area contributed by atoms with Crippen molar-refractivity contribution >= 4 is 34.6 Å². The van der Waals surface area contributed by atoms with Gasteiger partial charge in [-0.25, -0.2) is 9.97 Å². The Bertz CT molecular complexity index is 1010. The van der Waals surface area contributed by atoms with Crippen molar-refractivity contribution in [1.82, 2.24) is 14.9 Å². The van der Waals surface area contributed by atoms with Crippen LogP contribution in [0, 0.1) is 0 Å². The van der Waals surface area contributed by atoms with Crippen LogP contribution in [0.2, 0.25) is 5.02 Å². The van der Waals surface area contributed by atoms with Gasteiger partial charge < -0.3 is 9.64 Å². The average molecular weight is 380 g/mol. The standard InChI is InChI=1S/C21H18ClN3O2/c22-17-6-2-1-5-15(17)9-10-21(26)25-12-11-16(14-25)27-20-13-23-18-7-3-4-8-19(18)24-20/h1-10,13,16H,11-12,14H2. The van der Waals surface area contributed by atoms with Crippen molar-refractivity contribution in [3.05, 3.63) is 71.4 Å². The predicted octanol–water partition coefficient (Wildman–Crippen LogP) is 3.98. The molecule has 3 aromatic rings. The van der Waals surface area contributed by atoms with Crippen LogP contribution in [0.15, 0.2) is 60.8 Å². The zero-order valence-electron chi connectivity index (χ0n) is 14.6. The van der Waals surface area contributed by atoms with Gasteiger partial charge in [0, 0.05) is 24.1 Å². The van der Waals surface area contributed by atoms with Crippen LogP contribution in [0.1, 0.15) is 12.0 Å². The third-order valence-corrected chi connectivity index (χ3v) is 4.83. The summed E-state index contributed by atoms with van der Waals surface area (Å²) < 4.78 is 5.93. The van der Waals surface area contributed by atoms with Gasteiger partial charge in [0.05, 0.1) is 23.8 Å². The van der Waals surface area contributed by atoms with E-state index in [0.717, 1.165) is 23.0 Å². The number of amides is 1. The summed E-state index contributed by atoms with van der Waals surface area (Å²) >= 11 is 6.11. The molecule has 1 aliphatic rings. The van der Waals surface area contributed by atoms with E-state index in [-0.39, 0.29) is 12.0 Å².